The number of hydrogen-bond acceptors (Lipinski definition) is 7. The second kappa shape index (κ2) is 11.5. The molecule has 9 heteroatoms. The van der Waals surface area contributed by atoms with E-state index in [1.165, 1.54) is 36.3 Å². The maximum atomic E-state index is 13.5. The minimum Gasteiger partial charge on any atom is -0.507 e. The summed E-state index contributed by atoms with van der Waals surface area (Å²) < 4.78 is 30.0. The Morgan fingerprint density at radius 2 is 1.81 bits per heavy atom. The topological polar surface area (TPSA) is 88.5 Å². The van der Waals surface area contributed by atoms with Crippen molar-refractivity contribution in [2.45, 2.75) is 19.4 Å². The van der Waals surface area contributed by atoms with Crippen LogP contribution in [0.5, 0.6) is 11.5 Å². The van der Waals surface area contributed by atoms with Gasteiger partial charge in [-0.2, -0.15) is 0 Å². The van der Waals surface area contributed by atoms with Gasteiger partial charge in [0.2, 0.25) is 0 Å². The van der Waals surface area contributed by atoms with E-state index >= 15 is 0 Å². The molecular weight excluding hydrogens is 467 g/mol. The predicted molar refractivity (Wildman–Crippen MR) is 131 cm³/mol. The Morgan fingerprint density at radius 3 is 2.47 bits per heavy atom. The van der Waals surface area contributed by atoms with Gasteiger partial charge in [0.1, 0.15) is 11.6 Å². The molecule has 1 amide bonds. The highest BCUT2D eigenvalue weighted by Crippen LogP contribution is 2.42. The number of methoxy groups -OCH3 is 1. The Balaban J connectivity index is 1.71. The predicted octanol–water partition coefficient (Wildman–Crippen LogP) is 3.38. The average molecular weight is 499 g/mol. The van der Waals surface area contributed by atoms with Crippen molar-refractivity contribution in [3.63, 3.8) is 0 Å². The lowest BCUT2D eigenvalue weighted by Crippen LogP contribution is -2.39. The van der Waals surface area contributed by atoms with Crippen molar-refractivity contribution < 1.29 is 33.3 Å². The monoisotopic (exact) mass is 498 g/mol. The zero-order valence-electron chi connectivity index (χ0n) is 20.5. The number of nitrogens with zero attached hydrogens (tertiary/aromatic N) is 2. The van der Waals surface area contributed by atoms with Crippen LogP contribution in [0.1, 0.15) is 30.5 Å². The van der Waals surface area contributed by atoms with Gasteiger partial charge in [-0.25, -0.2) is 4.39 Å². The Morgan fingerprint density at radius 1 is 1.08 bits per heavy atom. The van der Waals surface area contributed by atoms with Gasteiger partial charge in [-0.3, -0.25) is 14.5 Å². The highest BCUT2D eigenvalue weighted by atomic mass is 19.1. The molecule has 1 N–H and O–H groups in total. The van der Waals surface area contributed by atoms with Crippen LogP contribution in [0, 0.1) is 5.82 Å². The summed E-state index contributed by atoms with van der Waals surface area (Å²) in [6, 6.07) is 9.53. The van der Waals surface area contributed by atoms with Crippen LogP contribution in [0.15, 0.2) is 48.0 Å². The normalized spacial score (nSPS) is 20.1. The summed E-state index contributed by atoms with van der Waals surface area (Å²) in [5, 5.41) is 11.1. The van der Waals surface area contributed by atoms with Crippen LogP contribution < -0.4 is 9.47 Å². The summed E-state index contributed by atoms with van der Waals surface area (Å²) in [5.41, 5.74) is 0.819. The minimum absolute atomic E-state index is 0.0378. The van der Waals surface area contributed by atoms with Crippen molar-refractivity contribution in [2.75, 3.05) is 53.1 Å². The van der Waals surface area contributed by atoms with E-state index in [-0.39, 0.29) is 16.9 Å². The van der Waals surface area contributed by atoms with E-state index in [1.54, 1.807) is 18.2 Å². The zero-order valence-corrected chi connectivity index (χ0v) is 20.5. The number of halogens is 1. The van der Waals surface area contributed by atoms with E-state index in [1.807, 2.05) is 6.92 Å². The standard InChI is InChI=1S/C27H31FN2O6/c1-3-36-21-10-7-19(17-22(21)34-2)24-23(25(31)18-5-8-20(28)9-6-18)26(32)27(33)30(24)12-4-11-29-13-15-35-16-14-29/h5-10,17,24,31H,3-4,11-16H2,1-2H3/b25-23+. The summed E-state index contributed by atoms with van der Waals surface area (Å²) in [6.45, 7) is 6.37. The van der Waals surface area contributed by atoms with E-state index in [4.69, 9.17) is 14.2 Å². The van der Waals surface area contributed by atoms with E-state index in [0.717, 1.165) is 19.6 Å². The molecule has 0 spiro atoms. The number of likely N-dealkylation sites (tertiary alicyclic amines) is 1. The average Bonchev–Trinajstić information content (AvgIpc) is 3.15. The van der Waals surface area contributed by atoms with E-state index in [2.05, 4.69) is 4.90 Å². The number of benzene rings is 2. The number of carbonyl (C=O) groups is 2. The number of ketones is 1. The lowest BCUT2D eigenvalue weighted by Gasteiger charge is -2.29. The molecule has 192 valence electrons. The second-order valence-electron chi connectivity index (χ2n) is 8.65. The first kappa shape index (κ1) is 25.7. The Labute approximate surface area is 209 Å². The summed E-state index contributed by atoms with van der Waals surface area (Å²) in [7, 11) is 1.51. The smallest absolute Gasteiger partial charge is 0.295 e. The van der Waals surface area contributed by atoms with E-state index in [0.29, 0.717) is 49.8 Å². The first-order valence-corrected chi connectivity index (χ1v) is 12.1. The van der Waals surface area contributed by atoms with E-state index < -0.39 is 23.5 Å². The van der Waals surface area contributed by atoms with Crippen LogP contribution in [0.2, 0.25) is 0 Å². The molecule has 0 aromatic heterocycles. The van der Waals surface area contributed by atoms with Crippen LogP contribution in [0.25, 0.3) is 5.76 Å². The molecular formula is C27H31FN2O6. The summed E-state index contributed by atoms with van der Waals surface area (Å²) in [5.74, 6) is -1.29. The Hall–Kier alpha value is -3.43. The van der Waals surface area contributed by atoms with Crippen molar-refractivity contribution in [2.24, 2.45) is 0 Å². The van der Waals surface area contributed by atoms with Gasteiger partial charge in [0, 0.05) is 31.7 Å². The van der Waals surface area contributed by atoms with Crippen molar-refractivity contribution in [1.82, 2.24) is 9.80 Å². The number of aliphatic hydroxyl groups excluding tert-OH is 1. The molecule has 4 rings (SSSR count). The second-order valence-corrected chi connectivity index (χ2v) is 8.65. The van der Waals surface area contributed by atoms with Gasteiger partial charge in [0.05, 0.1) is 38.5 Å². The summed E-state index contributed by atoms with van der Waals surface area (Å²) in [4.78, 5) is 30.1. The number of carbonyl (C=O) groups excluding carboxylic acids is 2. The fraction of sp³-hybridized carbons (Fsp3) is 0.407. The van der Waals surface area contributed by atoms with Gasteiger partial charge in [-0.1, -0.05) is 6.07 Å². The van der Waals surface area contributed by atoms with Crippen LogP contribution in [0.4, 0.5) is 4.39 Å². The summed E-state index contributed by atoms with van der Waals surface area (Å²) >= 11 is 0. The molecule has 2 aliphatic rings. The molecule has 2 fully saturated rings. The molecule has 1 unspecified atom stereocenters. The molecule has 36 heavy (non-hydrogen) atoms. The maximum Gasteiger partial charge on any atom is 0.295 e. The number of morpholine rings is 1. The third kappa shape index (κ3) is 5.37. The van der Waals surface area contributed by atoms with Crippen LogP contribution in [-0.4, -0.2) is 79.7 Å². The van der Waals surface area contributed by atoms with Crippen LogP contribution in [-0.2, 0) is 14.3 Å². The lowest BCUT2D eigenvalue weighted by molar-refractivity contribution is -0.140. The largest absolute Gasteiger partial charge is 0.507 e. The molecule has 2 aromatic rings. The lowest BCUT2D eigenvalue weighted by atomic mass is 9.95. The number of amides is 1. The molecule has 2 heterocycles. The first-order valence-electron chi connectivity index (χ1n) is 12.1. The van der Waals surface area contributed by atoms with Gasteiger partial charge >= 0.3 is 0 Å². The molecule has 2 saturated heterocycles. The van der Waals surface area contributed by atoms with Crippen LogP contribution in [0.3, 0.4) is 0 Å². The van der Waals surface area contributed by atoms with Gasteiger partial charge in [0.15, 0.2) is 11.5 Å². The maximum absolute atomic E-state index is 13.5. The fourth-order valence-corrected chi connectivity index (χ4v) is 4.64. The quantitative estimate of drug-likeness (QED) is 0.322. The van der Waals surface area contributed by atoms with Crippen LogP contribution >= 0.6 is 0 Å². The van der Waals surface area contributed by atoms with Gasteiger partial charge < -0.3 is 24.2 Å². The molecule has 0 saturated carbocycles. The van der Waals surface area contributed by atoms with E-state index in [9.17, 15) is 19.1 Å². The Bertz CT molecular complexity index is 1130. The molecule has 1 atom stereocenters. The zero-order chi connectivity index (χ0) is 25.7. The number of aliphatic hydroxyl groups is 1. The third-order valence-electron chi connectivity index (χ3n) is 6.44. The SMILES string of the molecule is CCOc1ccc(C2/C(=C(\O)c3ccc(F)cc3)C(=O)C(=O)N2CCCN2CCOCC2)cc1OC. The molecule has 0 bridgehead atoms. The van der Waals surface area contributed by atoms with Gasteiger partial charge in [-0.05, 0) is 55.3 Å². The van der Waals surface area contributed by atoms with Crippen molar-refractivity contribution in [3.05, 3.63) is 65.0 Å². The molecule has 0 radical (unpaired) electrons. The Kier molecular flexibility index (Phi) is 8.22. The molecule has 2 aromatic carbocycles. The van der Waals surface area contributed by atoms with Gasteiger partial charge in [0.25, 0.3) is 11.7 Å². The highest BCUT2D eigenvalue weighted by molar-refractivity contribution is 6.46. The number of ether oxygens (including phenoxy) is 3. The summed E-state index contributed by atoms with van der Waals surface area (Å²) in [6.07, 6.45) is 0.647. The third-order valence-corrected chi connectivity index (χ3v) is 6.44. The van der Waals surface area contributed by atoms with Crippen molar-refractivity contribution in [1.29, 1.82) is 0 Å². The minimum atomic E-state index is -0.829. The van der Waals surface area contributed by atoms with Crippen molar-refractivity contribution in [3.8, 4) is 11.5 Å². The number of Topliss-reactive ketones (excluding diaryl/α,β-unsaturated/α-hetero) is 1. The number of rotatable bonds is 9. The fourth-order valence-electron chi connectivity index (χ4n) is 4.64. The van der Waals surface area contributed by atoms with Crippen molar-refractivity contribution >= 4 is 17.4 Å². The molecule has 0 aliphatic carbocycles. The highest BCUT2D eigenvalue weighted by Gasteiger charge is 2.46. The number of hydrogen-bond donors (Lipinski definition) is 1. The van der Waals surface area contributed by atoms with Gasteiger partial charge in [-0.15, -0.1) is 0 Å². The first-order chi connectivity index (χ1) is 17.4. The molecule has 8 nitrogen and oxygen atoms in total. The molecule has 2 aliphatic heterocycles.